The molecule has 0 bridgehead atoms. The second-order valence-corrected chi connectivity index (χ2v) is 6.77. The zero-order chi connectivity index (χ0) is 15.7. The van der Waals surface area contributed by atoms with Crippen LogP contribution in [0.15, 0.2) is 12.1 Å². The number of ether oxygens (including phenoxy) is 2. The molecule has 0 saturated heterocycles. The summed E-state index contributed by atoms with van der Waals surface area (Å²) in [6.07, 6.45) is 6.56. The molecule has 4 nitrogen and oxygen atoms in total. The fourth-order valence-electron chi connectivity index (χ4n) is 3.35. The number of aliphatic carboxylic acids is 1. The van der Waals surface area contributed by atoms with Gasteiger partial charge in [-0.05, 0) is 56.2 Å². The van der Waals surface area contributed by atoms with Crippen LogP contribution in [0.3, 0.4) is 0 Å². The van der Waals surface area contributed by atoms with E-state index in [0.717, 1.165) is 31.2 Å². The first-order valence-electron chi connectivity index (χ1n) is 7.80. The van der Waals surface area contributed by atoms with E-state index >= 15 is 0 Å². The van der Waals surface area contributed by atoms with Crippen LogP contribution < -0.4 is 9.47 Å². The quantitative estimate of drug-likeness (QED) is 0.853. The Bertz CT molecular complexity index is 574. The molecule has 0 radical (unpaired) electrons. The third-order valence-electron chi connectivity index (χ3n) is 4.77. The highest BCUT2D eigenvalue weighted by molar-refractivity contribution is 6.32. The van der Waals surface area contributed by atoms with Crippen molar-refractivity contribution in [2.24, 2.45) is 0 Å². The molecule has 1 aromatic rings. The van der Waals surface area contributed by atoms with Crippen LogP contribution in [0.1, 0.15) is 50.5 Å². The minimum Gasteiger partial charge on any atom is -0.491 e. The Morgan fingerprint density at radius 3 is 2.59 bits per heavy atom. The first kappa shape index (κ1) is 15.5. The van der Waals surface area contributed by atoms with Crippen LogP contribution in [0.2, 0.25) is 5.02 Å². The average molecular weight is 325 g/mol. The smallest absolute Gasteiger partial charge is 0.304 e. The Kier molecular flexibility index (Phi) is 4.22. The van der Waals surface area contributed by atoms with Gasteiger partial charge < -0.3 is 14.6 Å². The Balaban J connectivity index is 1.91. The number of carbonyl (C=O) groups is 1. The lowest BCUT2D eigenvalue weighted by atomic mass is 9.92. The van der Waals surface area contributed by atoms with E-state index in [0.29, 0.717) is 16.5 Å². The van der Waals surface area contributed by atoms with Gasteiger partial charge in [0.1, 0.15) is 0 Å². The summed E-state index contributed by atoms with van der Waals surface area (Å²) in [6.45, 7) is 0. The molecule has 2 aliphatic carbocycles. The van der Waals surface area contributed by atoms with Crippen LogP contribution in [-0.2, 0) is 10.2 Å². The minimum absolute atomic E-state index is 0.137. The standard InChI is InChI=1S/C17H21ClO4/c1-21-16-13(18)8-11(17(6-7-17)10-15(19)20)9-14(16)22-12-4-2-3-5-12/h8-9,12H,2-7,10H2,1H3,(H,19,20). The van der Waals surface area contributed by atoms with Crippen LogP contribution in [0.25, 0.3) is 0 Å². The molecule has 120 valence electrons. The summed E-state index contributed by atoms with van der Waals surface area (Å²) in [7, 11) is 1.58. The highest BCUT2D eigenvalue weighted by Gasteiger charge is 2.46. The van der Waals surface area contributed by atoms with E-state index in [9.17, 15) is 4.79 Å². The van der Waals surface area contributed by atoms with E-state index in [1.165, 1.54) is 12.8 Å². The van der Waals surface area contributed by atoms with Crippen molar-refractivity contribution in [1.82, 2.24) is 0 Å². The van der Waals surface area contributed by atoms with Gasteiger partial charge in [0.05, 0.1) is 24.7 Å². The molecule has 0 aromatic heterocycles. The van der Waals surface area contributed by atoms with Crippen molar-refractivity contribution in [3.63, 3.8) is 0 Å². The van der Waals surface area contributed by atoms with Gasteiger partial charge in [-0.15, -0.1) is 0 Å². The van der Waals surface area contributed by atoms with E-state index in [1.54, 1.807) is 7.11 Å². The maximum Gasteiger partial charge on any atom is 0.304 e. The topological polar surface area (TPSA) is 55.8 Å². The van der Waals surface area contributed by atoms with Crippen molar-refractivity contribution in [3.05, 3.63) is 22.7 Å². The number of halogens is 1. The third-order valence-corrected chi connectivity index (χ3v) is 5.05. The normalized spacial score (nSPS) is 19.9. The van der Waals surface area contributed by atoms with Gasteiger partial charge in [-0.3, -0.25) is 4.79 Å². The molecule has 0 unspecified atom stereocenters. The van der Waals surface area contributed by atoms with Crippen LogP contribution in [-0.4, -0.2) is 24.3 Å². The fourth-order valence-corrected chi connectivity index (χ4v) is 3.64. The molecule has 0 spiro atoms. The second-order valence-electron chi connectivity index (χ2n) is 6.36. The number of carboxylic acids is 1. The van der Waals surface area contributed by atoms with E-state index in [-0.39, 0.29) is 17.9 Å². The summed E-state index contributed by atoms with van der Waals surface area (Å²) in [5, 5.41) is 9.62. The maximum atomic E-state index is 11.1. The molecule has 2 aliphatic rings. The van der Waals surface area contributed by atoms with E-state index in [1.807, 2.05) is 12.1 Å². The Morgan fingerprint density at radius 1 is 1.36 bits per heavy atom. The molecule has 0 atom stereocenters. The average Bonchev–Trinajstić information content (AvgIpc) is 3.04. The fraction of sp³-hybridized carbons (Fsp3) is 0.588. The molecule has 0 amide bonds. The van der Waals surface area contributed by atoms with Gasteiger partial charge in [-0.2, -0.15) is 0 Å². The zero-order valence-corrected chi connectivity index (χ0v) is 13.5. The monoisotopic (exact) mass is 324 g/mol. The van der Waals surface area contributed by atoms with Gasteiger partial charge in [-0.25, -0.2) is 0 Å². The van der Waals surface area contributed by atoms with Gasteiger partial charge in [0.2, 0.25) is 0 Å². The number of carboxylic acid groups (broad SMARTS) is 1. The van der Waals surface area contributed by atoms with Crippen molar-refractivity contribution in [2.45, 2.75) is 56.5 Å². The SMILES string of the molecule is COc1c(Cl)cc(C2(CC(=O)O)CC2)cc1OC1CCCC1. The molecule has 2 fully saturated rings. The lowest BCUT2D eigenvalue weighted by Crippen LogP contribution is -2.15. The van der Waals surface area contributed by atoms with Crippen molar-refractivity contribution in [3.8, 4) is 11.5 Å². The molecule has 22 heavy (non-hydrogen) atoms. The number of rotatable bonds is 6. The first-order chi connectivity index (χ1) is 10.5. The first-order valence-corrected chi connectivity index (χ1v) is 8.18. The second kappa shape index (κ2) is 5.99. The lowest BCUT2D eigenvalue weighted by Gasteiger charge is -2.20. The highest BCUT2D eigenvalue weighted by Crippen LogP contribution is 2.53. The summed E-state index contributed by atoms with van der Waals surface area (Å²) in [5.41, 5.74) is 0.670. The summed E-state index contributed by atoms with van der Waals surface area (Å²) >= 11 is 6.34. The molecule has 0 heterocycles. The number of hydrogen-bond donors (Lipinski definition) is 1. The van der Waals surface area contributed by atoms with E-state index in [2.05, 4.69) is 0 Å². The van der Waals surface area contributed by atoms with Gasteiger partial charge in [0.25, 0.3) is 0 Å². The Morgan fingerprint density at radius 2 is 2.05 bits per heavy atom. The minimum atomic E-state index is -0.775. The predicted molar refractivity (Wildman–Crippen MR) is 84.1 cm³/mol. The zero-order valence-electron chi connectivity index (χ0n) is 12.7. The number of hydrogen-bond acceptors (Lipinski definition) is 3. The highest BCUT2D eigenvalue weighted by atomic mass is 35.5. The molecule has 3 rings (SSSR count). The lowest BCUT2D eigenvalue weighted by molar-refractivity contribution is -0.137. The summed E-state index contributed by atoms with van der Waals surface area (Å²) in [5.74, 6) is 0.416. The number of benzene rings is 1. The summed E-state index contributed by atoms with van der Waals surface area (Å²) in [6, 6.07) is 3.76. The van der Waals surface area contributed by atoms with E-state index in [4.69, 9.17) is 26.2 Å². The molecule has 1 N–H and O–H groups in total. The molecule has 0 aliphatic heterocycles. The van der Waals surface area contributed by atoms with Gasteiger partial charge in [-0.1, -0.05) is 11.6 Å². The number of methoxy groups -OCH3 is 1. The van der Waals surface area contributed by atoms with Crippen LogP contribution in [0, 0.1) is 0 Å². The van der Waals surface area contributed by atoms with Crippen molar-refractivity contribution in [1.29, 1.82) is 0 Å². The van der Waals surface area contributed by atoms with Crippen LogP contribution in [0.4, 0.5) is 0 Å². The maximum absolute atomic E-state index is 11.1. The summed E-state index contributed by atoms with van der Waals surface area (Å²) < 4.78 is 11.5. The predicted octanol–water partition coefficient (Wildman–Crippen LogP) is 4.18. The molecule has 2 saturated carbocycles. The Labute approximate surface area is 135 Å². The van der Waals surface area contributed by atoms with Crippen LogP contribution >= 0.6 is 11.6 Å². The van der Waals surface area contributed by atoms with Gasteiger partial charge >= 0.3 is 5.97 Å². The van der Waals surface area contributed by atoms with Crippen molar-refractivity contribution in [2.75, 3.05) is 7.11 Å². The van der Waals surface area contributed by atoms with Crippen LogP contribution in [0.5, 0.6) is 11.5 Å². The van der Waals surface area contributed by atoms with Gasteiger partial charge in [0.15, 0.2) is 11.5 Å². The molecular weight excluding hydrogens is 304 g/mol. The molecule has 5 heteroatoms. The summed E-state index contributed by atoms with van der Waals surface area (Å²) in [4.78, 5) is 11.1. The molecule has 1 aromatic carbocycles. The van der Waals surface area contributed by atoms with E-state index < -0.39 is 5.97 Å². The third kappa shape index (κ3) is 3.02. The van der Waals surface area contributed by atoms with Crippen molar-refractivity contribution < 1.29 is 19.4 Å². The van der Waals surface area contributed by atoms with Crippen molar-refractivity contribution >= 4 is 17.6 Å². The molecular formula is C17H21ClO4. The largest absolute Gasteiger partial charge is 0.491 e. The van der Waals surface area contributed by atoms with Gasteiger partial charge in [0, 0.05) is 5.41 Å². The Hall–Kier alpha value is -1.42.